The number of ether oxygens (including phenoxy) is 1. The average molecular weight is 508 g/mol. The molecule has 5 amide bonds. The minimum absolute atomic E-state index is 0.0781. The maximum absolute atomic E-state index is 13.2. The largest absolute Gasteiger partial charge is 0.497 e. The van der Waals surface area contributed by atoms with Crippen molar-refractivity contribution in [1.82, 2.24) is 20.4 Å². The van der Waals surface area contributed by atoms with E-state index in [4.69, 9.17) is 9.84 Å². The van der Waals surface area contributed by atoms with Gasteiger partial charge < -0.3 is 35.6 Å². The number of piperidine rings is 1. The molecule has 3 rings (SSSR count). The Morgan fingerprint density at radius 2 is 2.03 bits per heavy atom. The molecular weight excluding hydrogens is 478 g/mol. The first-order valence-electron chi connectivity index (χ1n) is 11.2. The van der Waals surface area contributed by atoms with Crippen LogP contribution in [0.1, 0.15) is 12.8 Å². The third-order valence-corrected chi connectivity index (χ3v) is 6.57. The van der Waals surface area contributed by atoms with E-state index < -0.39 is 35.9 Å². The first-order chi connectivity index (χ1) is 16.8. The number of carbonyl (C=O) groups excluding carboxylic acids is 4. The number of carboxylic acid groups (broad SMARTS) is 1. The number of carboxylic acids is 1. The Kier molecular flexibility index (Phi) is 9.18. The van der Waals surface area contributed by atoms with E-state index in [1.807, 2.05) is 0 Å². The van der Waals surface area contributed by atoms with Crippen molar-refractivity contribution in [3.63, 3.8) is 0 Å². The number of urea groups is 1. The Balaban J connectivity index is 1.70. The number of methoxy groups -OCH3 is 1. The Labute approximate surface area is 206 Å². The van der Waals surface area contributed by atoms with E-state index in [0.717, 1.165) is 11.8 Å². The van der Waals surface area contributed by atoms with E-state index in [9.17, 15) is 24.0 Å². The van der Waals surface area contributed by atoms with Gasteiger partial charge in [-0.15, -0.1) is 11.8 Å². The van der Waals surface area contributed by atoms with Crippen molar-refractivity contribution in [2.24, 2.45) is 0 Å². The Bertz CT molecular complexity index is 975. The van der Waals surface area contributed by atoms with Crippen LogP contribution in [-0.4, -0.2) is 102 Å². The molecule has 0 saturated carbocycles. The Morgan fingerprint density at radius 3 is 2.74 bits per heavy atom. The van der Waals surface area contributed by atoms with Crippen molar-refractivity contribution in [3.8, 4) is 5.75 Å². The molecule has 4 N–H and O–H groups in total. The lowest BCUT2D eigenvalue weighted by atomic mass is 10.1. The molecule has 1 aromatic rings. The molecule has 35 heavy (non-hydrogen) atoms. The zero-order chi connectivity index (χ0) is 25.4. The molecule has 0 aromatic heterocycles. The molecule has 1 aromatic carbocycles. The number of carbonyl (C=O) groups is 5. The second kappa shape index (κ2) is 12.3. The van der Waals surface area contributed by atoms with E-state index in [1.54, 1.807) is 24.3 Å². The van der Waals surface area contributed by atoms with Crippen molar-refractivity contribution >= 4 is 47.2 Å². The zero-order valence-corrected chi connectivity index (χ0v) is 20.1. The van der Waals surface area contributed by atoms with Gasteiger partial charge in [0.15, 0.2) is 0 Å². The van der Waals surface area contributed by atoms with Crippen LogP contribution in [0.15, 0.2) is 24.3 Å². The summed E-state index contributed by atoms with van der Waals surface area (Å²) in [6.07, 6.45) is 1.19. The van der Waals surface area contributed by atoms with E-state index in [0.29, 0.717) is 30.8 Å². The van der Waals surface area contributed by atoms with Gasteiger partial charge in [0.05, 0.1) is 25.2 Å². The number of hydrogen-bond donors (Lipinski definition) is 4. The maximum Gasteiger partial charge on any atom is 0.321 e. The molecule has 0 radical (unpaired) electrons. The van der Waals surface area contributed by atoms with Crippen LogP contribution in [0.5, 0.6) is 5.75 Å². The van der Waals surface area contributed by atoms with Crippen molar-refractivity contribution < 1.29 is 33.8 Å². The van der Waals surface area contributed by atoms with Crippen LogP contribution in [0.3, 0.4) is 0 Å². The molecule has 12 nitrogen and oxygen atoms in total. The number of aliphatic carboxylic acids is 1. The van der Waals surface area contributed by atoms with Gasteiger partial charge in [-0.3, -0.25) is 19.2 Å². The summed E-state index contributed by atoms with van der Waals surface area (Å²) < 4.78 is 5.17. The number of piperazine rings is 1. The first kappa shape index (κ1) is 26.1. The predicted molar refractivity (Wildman–Crippen MR) is 128 cm³/mol. The highest BCUT2D eigenvalue weighted by atomic mass is 32.2. The quantitative estimate of drug-likeness (QED) is 0.382. The molecule has 2 heterocycles. The molecule has 2 saturated heterocycles. The topological polar surface area (TPSA) is 157 Å². The summed E-state index contributed by atoms with van der Waals surface area (Å²) in [6, 6.07) is 4.65. The van der Waals surface area contributed by atoms with Gasteiger partial charge in [-0.25, -0.2) is 4.79 Å². The minimum atomic E-state index is -1.04. The Hall–Kier alpha value is -3.48. The summed E-state index contributed by atoms with van der Waals surface area (Å²) in [7, 11) is 1.52. The third-order valence-electron chi connectivity index (χ3n) is 5.66. The summed E-state index contributed by atoms with van der Waals surface area (Å²) in [6.45, 7) is 0.732. The number of benzene rings is 1. The van der Waals surface area contributed by atoms with Crippen LogP contribution < -0.4 is 20.7 Å². The molecule has 0 spiro atoms. The summed E-state index contributed by atoms with van der Waals surface area (Å²) in [5, 5.41) is 17.0. The summed E-state index contributed by atoms with van der Waals surface area (Å²) in [4.78, 5) is 64.5. The first-order valence-corrected chi connectivity index (χ1v) is 12.3. The molecule has 13 heteroatoms. The molecule has 190 valence electrons. The molecule has 2 atom stereocenters. The van der Waals surface area contributed by atoms with E-state index >= 15 is 0 Å². The lowest BCUT2D eigenvalue weighted by molar-refractivity contribution is -0.142. The van der Waals surface area contributed by atoms with E-state index in [-0.39, 0.29) is 37.0 Å². The van der Waals surface area contributed by atoms with Gasteiger partial charge in [0, 0.05) is 31.4 Å². The van der Waals surface area contributed by atoms with Gasteiger partial charge in [-0.2, -0.15) is 0 Å². The normalized spacial score (nSPS) is 20.0. The monoisotopic (exact) mass is 507 g/mol. The van der Waals surface area contributed by atoms with Crippen LogP contribution >= 0.6 is 11.8 Å². The number of rotatable bonds is 8. The third kappa shape index (κ3) is 7.25. The second-order valence-electron chi connectivity index (χ2n) is 8.09. The number of nitrogens with zero attached hydrogens (tertiary/aromatic N) is 2. The van der Waals surface area contributed by atoms with Crippen molar-refractivity contribution in [2.75, 3.05) is 50.1 Å². The number of anilines is 1. The fourth-order valence-electron chi connectivity index (χ4n) is 3.88. The van der Waals surface area contributed by atoms with Crippen LogP contribution in [0.4, 0.5) is 10.5 Å². The molecule has 2 aliphatic heterocycles. The fourth-order valence-corrected chi connectivity index (χ4v) is 4.50. The van der Waals surface area contributed by atoms with Crippen molar-refractivity contribution in [2.45, 2.75) is 24.9 Å². The number of thioether (sulfide) groups is 1. The van der Waals surface area contributed by atoms with Gasteiger partial charge in [0.25, 0.3) is 0 Å². The minimum Gasteiger partial charge on any atom is -0.497 e. The standard InChI is InChI=1S/C22H29N5O7S/c1-34-15-5-2-4-14(10-15)24-22(33)26-8-9-27(18(28)12-35-13-19(29)30)17(11-26)21(32)25-16-6-3-7-23-20(16)31/h2,4-5,10,16-17H,3,6-9,11-13H2,1H3,(H,23,31)(H,24,33)(H,25,32)(H,29,30). The zero-order valence-electron chi connectivity index (χ0n) is 19.3. The van der Waals surface area contributed by atoms with Crippen molar-refractivity contribution in [3.05, 3.63) is 24.3 Å². The van der Waals surface area contributed by atoms with Crippen LogP contribution in [-0.2, 0) is 19.2 Å². The van der Waals surface area contributed by atoms with Gasteiger partial charge in [0.1, 0.15) is 17.8 Å². The lowest BCUT2D eigenvalue weighted by Crippen LogP contribution is -2.64. The molecule has 0 bridgehead atoms. The van der Waals surface area contributed by atoms with E-state index in [2.05, 4.69) is 16.0 Å². The van der Waals surface area contributed by atoms with Gasteiger partial charge in [0.2, 0.25) is 17.7 Å². The van der Waals surface area contributed by atoms with Crippen LogP contribution in [0.2, 0.25) is 0 Å². The van der Waals surface area contributed by atoms with E-state index in [1.165, 1.54) is 16.9 Å². The SMILES string of the molecule is COc1cccc(NC(=O)N2CCN(C(=O)CSCC(=O)O)C(C(=O)NC3CCCNC3=O)C2)c1. The summed E-state index contributed by atoms with van der Waals surface area (Å²) >= 11 is 0.934. The molecule has 0 aliphatic carbocycles. The fraction of sp³-hybridized carbons (Fsp3) is 0.500. The Morgan fingerprint density at radius 1 is 1.23 bits per heavy atom. The highest BCUT2D eigenvalue weighted by molar-refractivity contribution is 8.00. The number of amides is 5. The highest BCUT2D eigenvalue weighted by Gasteiger charge is 2.38. The second-order valence-corrected chi connectivity index (χ2v) is 9.08. The van der Waals surface area contributed by atoms with Gasteiger partial charge in [-0.05, 0) is 25.0 Å². The maximum atomic E-state index is 13.2. The molecule has 2 fully saturated rings. The van der Waals surface area contributed by atoms with Gasteiger partial charge >= 0.3 is 12.0 Å². The molecule has 2 unspecified atom stereocenters. The highest BCUT2D eigenvalue weighted by Crippen LogP contribution is 2.19. The number of hydrogen-bond acceptors (Lipinski definition) is 7. The summed E-state index contributed by atoms with van der Waals surface area (Å²) in [5.41, 5.74) is 0.512. The smallest absolute Gasteiger partial charge is 0.321 e. The average Bonchev–Trinajstić information content (AvgIpc) is 2.84. The lowest BCUT2D eigenvalue weighted by Gasteiger charge is -2.41. The van der Waals surface area contributed by atoms with Crippen LogP contribution in [0.25, 0.3) is 0 Å². The number of nitrogens with one attached hydrogen (secondary N) is 3. The van der Waals surface area contributed by atoms with Gasteiger partial charge in [-0.1, -0.05) is 6.07 Å². The molecular formula is C22H29N5O7S. The van der Waals surface area contributed by atoms with Crippen LogP contribution in [0, 0.1) is 0 Å². The van der Waals surface area contributed by atoms with Crippen molar-refractivity contribution in [1.29, 1.82) is 0 Å². The predicted octanol–water partition coefficient (Wildman–Crippen LogP) is -0.0475. The molecule has 2 aliphatic rings. The summed E-state index contributed by atoms with van der Waals surface area (Å²) in [5.74, 6) is -2.06.